The Labute approximate surface area is 154 Å². The Hall–Kier alpha value is -2.33. The molecule has 0 amide bonds. The fraction of sp³-hybridized carbons (Fsp3) is 0.409. The first-order valence-corrected chi connectivity index (χ1v) is 9.00. The van der Waals surface area contributed by atoms with Gasteiger partial charge in [0.05, 0.1) is 16.6 Å². The molecular formula is C22H28N2O2. The predicted molar refractivity (Wildman–Crippen MR) is 107 cm³/mol. The van der Waals surface area contributed by atoms with Crippen LogP contribution >= 0.6 is 0 Å². The molecule has 3 aromatic rings. The molecule has 0 radical (unpaired) electrons. The summed E-state index contributed by atoms with van der Waals surface area (Å²) >= 11 is 0. The van der Waals surface area contributed by atoms with E-state index in [9.17, 15) is 9.90 Å². The molecule has 0 saturated heterocycles. The maximum absolute atomic E-state index is 12.7. The first-order chi connectivity index (χ1) is 12.0. The van der Waals surface area contributed by atoms with Crippen molar-refractivity contribution in [2.24, 2.45) is 12.5 Å². The molecule has 1 N–H and O–H groups in total. The van der Waals surface area contributed by atoms with Crippen molar-refractivity contribution >= 4 is 11.0 Å². The van der Waals surface area contributed by atoms with E-state index in [-0.39, 0.29) is 11.1 Å². The predicted octanol–water partition coefficient (Wildman–Crippen LogP) is 4.28. The number of aliphatic hydroxyl groups is 1. The van der Waals surface area contributed by atoms with Gasteiger partial charge in [-0.1, -0.05) is 45.0 Å². The number of nitrogens with zero attached hydrogens (tertiary/aromatic N) is 2. The lowest BCUT2D eigenvalue weighted by Crippen LogP contribution is -2.27. The molecule has 0 saturated carbocycles. The Bertz CT molecular complexity index is 1010. The largest absolute Gasteiger partial charge is 0.386 e. The smallest absolute Gasteiger partial charge is 0.328 e. The van der Waals surface area contributed by atoms with Crippen LogP contribution in [0.15, 0.2) is 47.3 Å². The highest BCUT2D eigenvalue weighted by molar-refractivity contribution is 5.83. The summed E-state index contributed by atoms with van der Waals surface area (Å²) in [5.74, 6) is 0. The lowest BCUT2D eigenvalue weighted by Gasteiger charge is -2.19. The van der Waals surface area contributed by atoms with Crippen molar-refractivity contribution in [3.63, 3.8) is 0 Å². The van der Waals surface area contributed by atoms with E-state index in [1.54, 1.807) is 18.4 Å². The monoisotopic (exact) mass is 352 g/mol. The van der Waals surface area contributed by atoms with E-state index < -0.39 is 5.60 Å². The third-order valence-electron chi connectivity index (χ3n) is 4.68. The highest BCUT2D eigenvalue weighted by atomic mass is 16.3. The molecule has 4 heteroatoms. The van der Waals surface area contributed by atoms with E-state index in [4.69, 9.17) is 0 Å². The summed E-state index contributed by atoms with van der Waals surface area (Å²) in [6, 6.07) is 14.0. The molecule has 0 unspecified atom stereocenters. The van der Waals surface area contributed by atoms with Gasteiger partial charge in [0.15, 0.2) is 0 Å². The average molecular weight is 352 g/mol. The van der Waals surface area contributed by atoms with Gasteiger partial charge >= 0.3 is 5.69 Å². The highest BCUT2D eigenvalue weighted by Crippen LogP contribution is 2.29. The average Bonchev–Trinajstić information content (AvgIpc) is 2.77. The van der Waals surface area contributed by atoms with Gasteiger partial charge in [0.25, 0.3) is 0 Å². The van der Waals surface area contributed by atoms with Crippen molar-refractivity contribution in [1.82, 2.24) is 9.13 Å². The molecule has 0 spiro atoms. The van der Waals surface area contributed by atoms with E-state index in [0.29, 0.717) is 6.54 Å². The van der Waals surface area contributed by atoms with Crippen LogP contribution in [0.3, 0.4) is 0 Å². The number of rotatable bonds is 3. The first-order valence-electron chi connectivity index (χ1n) is 9.00. The van der Waals surface area contributed by atoms with Gasteiger partial charge in [0.2, 0.25) is 0 Å². The Balaban J connectivity index is 2.14. The number of aryl methyl sites for hydroxylation is 1. The normalized spacial score (nSPS) is 12.7. The van der Waals surface area contributed by atoms with Gasteiger partial charge in [-0.25, -0.2) is 4.79 Å². The third kappa shape index (κ3) is 3.47. The lowest BCUT2D eigenvalue weighted by atomic mass is 9.94. The number of fused-ring (bicyclic) bond motifs is 1. The fourth-order valence-corrected chi connectivity index (χ4v) is 3.29. The second kappa shape index (κ2) is 6.13. The summed E-state index contributed by atoms with van der Waals surface area (Å²) in [6.45, 7) is 10.6. The van der Waals surface area contributed by atoms with E-state index in [1.165, 1.54) is 0 Å². The van der Waals surface area contributed by atoms with Crippen LogP contribution in [-0.2, 0) is 19.2 Å². The van der Waals surface area contributed by atoms with E-state index in [2.05, 4.69) is 26.8 Å². The van der Waals surface area contributed by atoms with Crippen LogP contribution in [0.2, 0.25) is 0 Å². The molecule has 3 rings (SSSR count). The summed E-state index contributed by atoms with van der Waals surface area (Å²) in [7, 11) is 1.82. The molecule has 0 atom stereocenters. The molecule has 1 aromatic heterocycles. The van der Waals surface area contributed by atoms with Crippen molar-refractivity contribution in [2.75, 3.05) is 0 Å². The van der Waals surface area contributed by atoms with Crippen molar-refractivity contribution < 1.29 is 5.11 Å². The zero-order valence-electron chi connectivity index (χ0n) is 16.5. The van der Waals surface area contributed by atoms with Crippen LogP contribution in [0, 0.1) is 5.41 Å². The number of hydrogen-bond acceptors (Lipinski definition) is 2. The summed E-state index contributed by atoms with van der Waals surface area (Å²) in [4.78, 5) is 12.7. The molecule has 1 heterocycles. The van der Waals surface area contributed by atoms with Crippen LogP contribution in [0.5, 0.6) is 0 Å². The molecule has 2 aromatic carbocycles. The van der Waals surface area contributed by atoms with Gasteiger partial charge in [-0.15, -0.1) is 0 Å². The number of hydrogen-bond donors (Lipinski definition) is 1. The molecule has 0 bridgehead atoms. The summed E-state index contributed by atoms with van der Waals surface area (Å²) in [5, 5.41) is 10.3. The summed E-state index contributed by atoms with van der Waals surface area (Å²) in [6.07, 6.45) is 0. The van der Waals surface area contributed by atoms with Gasteiger partial charge in [-0.2, -0.15) is 0 Å². The van der Waals surface area contributed by atoms with E-state index in [0.717, 1.165) is 27.7 Å². The van der Waals surface area contributed by atoms with Crippen molar-refractivity contribution in [2.45, 2.75) is 46.8 Å². The minimum absolute atomic E-state index is 0.0114. The van der Waals surface area contributed by atoms with Gasteiger partial charge in [0, 0.05) is 13.6 Å². The molecule has 0 fully saturated rings. The topological polar surface area (TPSA) is 47.2 Å². The zero-order valence-corrected chi connectivity index (χ0v) is 16.5. The highest BCUT2D eigenvalue weighted by Gasteiger charge is 2.19. The van der Waals surface area contributed by atoms with Crippen molar-refractivity contribution in [3.05, 3.63) is 58.5 Å². The van der Waals surface area contributed by atoms with Crippen LogP contribution in [0.1, 0.15) is 40.2 Å². The van der Waals surface area contributed by atoms with Crippen molar-refractivity contribution in [1.29, 1.82) is 0 Å². The molecule has 0 aliphatic carbocycles. The zero-order chi connectivity index (χ0) is 19.3. The second-order valence-electron chi connectivity index (χ2n) is 8.83. The maximum Gasteiger partial charge on any atom is 0.328 e. The number of imidazole rings is 1. The minimum Gasteiger partial charge on any atom is -0.386 e. The molecule has 138 valence electrons. The second-order valence-corrected chi connectivity index (χ2v) is 8.83. The summed E-state index contributed by atoms with van der Waals surface area (Å²) in [5.41, 5.74) is 3.96. The molecule has 0 aliphatic heterocycles. The lowest BCUT2D eigenvalue weighted by molar-refractivity contribution is 0.0786. The van der Waals surface area contributed by atoms with Crippen LogP contribution < -0.4 is 5.69 Å². The Morgan fingerprint density at radius 1 is 0.923 bits per heavy atom. The van der Waals surface area contributed by atoms with Gasteiger partial charge in [-0.05, 0) is 54.2 Å². The molecule has 4 nitrogen and oxygen atoms in total. The number of benzene rings is 2. The summed E-state index contributed by atoms with van der Waals surface area (Å²) < 4.78 is 3.57. The van der Waals surface area contributed by atoms with E-state index >= 15 is 0 Å². The van der Waals surface area contributed by atoms with Crippen molar-refractivity contribution in [3.8, 4) is 11.1 Å². The van der Waals surface area contributed by atoms with Gasteiger partial charge in [-0.3, -0.25) is 9.13 Å². The standard InChI is InChI=1S/C22H28N2O2/c1-21(2,3)14-24-18-11-10-16(13-19(18)23(6)20(24)25)15-8-7-9-17(12-15)22(4,5)26/h7-13,26H,14H2,1-6H3. The fourth-order valence-electron chi connectivity index (χ4n) is 3.29. The molecule has 0 aliphatic rings. The Morgan fingerprint density at radius 2 is 1.58 bits per heavy atom. The van der Waals surface area contributed by atoms with E-state index in [1.807, 2.05) is 48.0 Å². The molecule has 26 heavy (non-hydrogen) atoms. The Kier molecular flexibility index (Phi) is 4.35. The number of aromatic nitrogens is 2. The maximum atomic E-state index is 12.7. The van der Waals surface area contributed by atoms with Gasteiger partial charge < -0.3 is 5.11 Å². The van der Waals surface area contributed by atoms with Crippen LogP contribution in [-0.4, -0.2) is 14.2 Å². The first kappa shape index (κ1) is 18.5. The van der Waals surface area contributed by atoms with Gasteiger partial charge in [0.1, 0.15) is 0 Å². The third-order valence-corrected chi connectivity index (χ3v) is 4.68. The van der Waals surface area contributed by atoms with Crippen LogP contribution in [0.25, 0.3) is 22.2 Å². The Morgan fingerprint density at radius 3 is 2.19 bits per heavy atom. The quantitative estimate of drug-likeness (QED) is 0.765. The molecular weight excluding hydrogens is 324 g/mol. The minimum atomic E-state index is -0.886. The SMILES string of the molecule is Cn1c(=O)n(CC(C)(C)C)c2ccc(-c3cccc(C(C)(C)O)c3)cc21. The van der Waals surface area contributed by atoms with Crippen LogP contribution in [0.4, 0.5) is 0 Å².